The number of carbonyl (C=O) groups is 3. The molecule has 20 heteroatoms. The van der Waals surface area contributed by atoms with Gasteiger partial charge in [0, 0.05) is 103 Å². The number of aromatic nitrogens is 7. The lowest BCUT2D eigenvalue weighted by molar-refractivity contribution is -0.135. The van der Waals surface area contributed by atoms with Gasteiger partial charge in [-0.15, -0.1) is 5.10 Å². The summed E-state index contributed by atoms with van der Waals surface area (Å²) in [6.07, 6.45) is 6.91. The number of halogens is 1. The number of nitrogens with one attached hydrogen (secondary N) is 4. The van der Waals surface area contributed by atoms with Gasteiger partial charge in [0.05, 0.1) is 29.0 Å². The summed E-state index contributed by atoms with van der Waals surface area (Å²) in [6.45, 7) is 7.83. The van der Waals surface area contributed by atoms with Gasteiger partial charge in [0.2, 0.25) is 11.8 Å². The van der Waals surface area contributed by atoms with Gasteiger partial charge in [-0.25, -0.2) is 23.7 Å². The quantitative estimate of drug-likeness (QED) is 0.120. The summed E-state index contributed by atoms with van der Waals surface area (Å²) in [6, 6.07) is 22.3. The van der Waals surface area contributed by atoms with Crippen LogP contribution >= 0.6 is 0 Å². The van der Waals surface area contributed by atoms with Gasteiger partial charge >= 0.3 is 5.69 Å². The molecule has 1 saturated carbocycles. The van der Waals surface area contributed by atoms with Crippen LogP contribution in [0.4, 0.5) is 27.3 Å². The Balaban J connectivity index is 0.652. The van der Waals surface area contributed by atoms with Crippen molar-refractivity contribution in [3.63, 3.8) is 0 Å². The average Bonchev–Trinajstić information content (AvgIpc) is 3.79. The lowest BCUT2D eigenvalue weighted by atomic mass is 9.95. The predicted octanol–water partition coefficient (Wildman–Crippen LogP) is 4.23. The van der Waals surface area contributed by atoms with Crippen molar-refractivity contribution in [1.82, 2.24) is 53.7 Å². The van der Waals surface area contributed by atoms with Gasteiger partial charge in [-0.3, -0.25) is 43.1 Å². The van der Waals surface area contributed by atoms with E-state index >= 15 is 0 Å². The second-order valence-electron chi connectivity index (χ2n) is 19.1. The van der Waals surface area contributed by atoms with Crippen molar-refractivity contribution < 1.29 is 18.8 Å². The van der Waals surface area contributed by atoms with Gasteiger partial charge in [0.1, 0.15) is 23.7 Å². The molecule has 5 aromatic heterocycles. The number of amides is 3. The SMILES string of the molecule is CNc1cc(Nc2cccn(-c3ccc(CN4CCN(CC5CCN(c6ccc(-c7ccc8c(c7)n(C)c(=O)n8C7CCC(=O)NC7=O)cc6)CC5)CC4)cn3)c2=O)nn2c(C(=O)N[C@@H]3C[C@@H]3F)cnc12. The fourth-order valence-corrected chi connectivity index (χ4v) is 10.2. The zero-order chi connectivity index (χ0) is 48.9. The van der Waals surface area contributed by atoms with E-state index in [2.05, 4.69) is 75.3 Å². The van der Waals surface area contributed by atoms with Crippen molar-refractivity contribution >= 4 is 57.3 Å². The second kappa shape index (κ2) is 18.9. The monoisotopic (exact) mass is 962 g/mol. The standard InChI is InChI=1S/C51H55FN14O5/c1-53-39-26-44(59-66-43(28-55-47(39)66)49(69)57-38-25-36(38)52)56-37-4-3-17-64(50(37)70)45-13-5-32(27-54-45)30-62-22-20-61(21-23-62)29-31-15-18-63(19-16-31)35-9-6-33(7-10-35)34-8-11-40-42(24-34)60(2)51(71)65(40)41-12-14-46(67)58-48(41)68/h3-11,13,17,24,26-28,31,36,38,41,53H,12,14-16,18-23,25,29-30H2,1-2H3,(H,56,59)(H,57,69)(H,58,67,68)/t36-,38+,41?/m0/s1. The Hall–Kier alpha value is -7.71. The molecule has 4 fully saturated rings. The molecule has 0 bridgehead atoms. The number of fused-ring (bicyclic) bond motifs is 2. The first-order valence-electron chi connectivity index (χ1n) is 24.3. The van der Waals surface area contributed by atoms with Crippen LogP contribution in [-0.2, 0) is 23.2 Å². The van der Waals surface area contributed by atoms with Gasteiger partial charge in [0.25, 0.3) is 11.5 Å². The fraction of sp³-hybridized carbons (Fsp3) is 0.373. The first-order chi connectivity index (χ1) is 34.5. The number of pyridine rings is 2. The Morgan fingerprint density at radius 1 is 0.831 bits per heavy atom. The molecule has 0 radical (unpaired) electrons. The molecule has 19 nitrogen and oxygen atoms in total. The number of hydrogen-bond donors (Lipinski definition) is 4. The molecule has 7 aromatic rings. The summed E-state index contributed by atoms with van der Waals surface area (Å²) in [5.74, 6) is 0.207. The summed E-state index contributed by atoms with van der Waals surface area (Å²) in [5, 5.41) is 15.8. The third-order valence-corrected chi connectivity index (χ3v) is 14.4. The largest absolute Gasteiger partial charge is 0.385 e. The van der Waals surface area contributed by atoms with Crippen molar-refractivity contribution in [2.45, 2.75) is 56.9 Å². The van der Waals surface area contributed by atoms with Gasteiger partial charge < -0.3 is 25.8 Å². The van der Waals surface area contributed by atoms with E-state index in [0.717, 1.165) is 87.4 Å². The maximum Gasteiger partial charge on any atom is 0.329 e. The number of rotatable bonds is 13. The zero-order valence-electron chi connectivity index (χ0n) is 39.6. The van der Waals surface area contributed by atoms with Crippen LogP contribution in [0.3, 0.4) is 0 Å². The number of anilines is 4. The van der Waals surface area contributed by atoms with Crippen molar-refractivity contribution in [2.75, 3.05) is 68.4 Å². The Labute approximate surface area is 407 Å². The molecule has 1 aliphatic carbocycles. The van der Waals surface area contributed by atoms with E-state index in [1.165, 1.54) is 25.5 Å². The topological polar surface area (TPSA) is 201 Å². The van der Waals surface area contributed by atoms with Crippen LogP contribution in [0.5, 0.6) is 0 Å². The molecule has 11 rings (SSSR count). The van der Waals surface area contributed by atoms with Crippen LogP contribution in [0.2, 0.25) is 0 Å². The third-order valence-electron chi connectivity index (χ3n) is 14.4. The molecular weight excluding hydrogens is 908 g/mol. The van der Waals surface area contributed by atoms with Gasteiger partial charge in [0.15, 0.2) is 17.2 Å². The minimum Gasteiger partial charge on any atom is -0.385 e. The van der Waals surface area contributed by atoms with E-state index in [9.17, 15) is 28.4 Å². The van der Waals surface area contributed by atoms with Crippen LogP contribution in [0.1, 0.15) is 54.2 Å². The number of imidazole rings is 2. The zero-order valence-corrected chi connectivity index (χ0v) is 39.6. The number of carbonyl (C=O) groups excluding carboxylic acids is 3. The van der Waals surface area contributed by atoms with Crippen LogP contribution in [0.15, 0.2) is 101 Å². The minimum atomic E-state index is -1.05. The van der Waals surface area contributed by atoms with E-state index < -0.39 is 30.1 Å². The summed E-state index contributed by atoms with van der Waals surface area (Å²) in [4.78, 5) is 80.8. The molecule has 3 saturated heterocycles. The van der Waals surface area contributed by atoms with Crippen LogP contribution in [0.25, 0.3) is 33.6 Å². The number of benzene rings is 2. The number of piperazine rings is 1. The maximum absolute atomic E-state index is 13.7. The van der Waals surface area contributed by atoms with E-state index in [1.807, 2.05) is 36.5 Å². The lowest BCUT2D eigenvalue weighted by Gasteiger charge is -2.39. The number of piperidine rings is 2. The molecule has 71 heavy (non-hydrogen) atoms. The van der Waals surface area contributed by atoms with Crippen molar-refractivity contribution in [3.8, 4) is 16.9 Å². The van der Waals surface area contributed by atoms with Gasteiger partial charge in [-0.05, 0) is 84.3 Å². The highest BCUT2D eigenvalue weighted by atomic mass is 19.1. The Kier molecular flexibility index (Phi) is 12.2. The Morgan fingerprint density at radius 3 is 2.31 bits per heavy atom. The highest BCUT2D eigenvalue weighted by Gasteiger charge is 2.39. The number of nitrogens with zero attached hydrogens (tertiary/aromatic N) is 10. The molecule has 3 atom stereocenters. The van der Waals surface area contributed by atoms with E-state index in [0.29, 0.717) is 40.8 Å². The molecule has 4 aliphatic rings. The number of imide groups is 1. The first-order valence-corrected chi connectivity index (χ1v) is 24.3. The minimum absolute atomic E-state index is 0.152. The van der Waals surface area contributed by atoms with Crippen molar-refractivity contribution in [3.05, 3.63) is 123 Å². The Bertz CT molecular complexity index is 3290. The molecule has 3 amide bonds. The van der Waals surface area contributed by atoms with E-state index in [1.54, 1.807) is 43.1 Å². The summed E-state index contributed by atoms with van der Waals surface area (Å²) < 4.78 is 19.4. The summed E-state index contributed by atoms with van der Waals surface area (Å²) >= 11 is 0. The van der Waals surface area contributed by atoms with Crippen molar-refractivity contribution in [1.29, 1.82) is 0 Å². The fourth-order valence-electron chi connectivity index (χ4n) is 10.2. The van der Waals surface area contributed by atoms with Crippen LogP contribution < -0.4 is 37.4 Å². The van der Waals surface area contributed by atoms with Crippen LogP contribution in [0, 0.1) is 5.92 Å². The number of hydrogen-bond acceptors (Lipinski definition) is 13. The van der Waals surface area contributed by atoms with E-state index in [-0.39, 0.29) is 41.4 Å². The molecular formula is C51H55FN14O5. The first kappa shape index (κ1) is 45.7. The lowest BCUT2D eigenvalue weighted by Crippen LogP contribution is -2.48. The van der Waals surface area contributed by atoms with Crippen molar-refractivity contribution in [2.24, 2.45) is 13.0 Å². The highest BCUT2D eigenvalue weighted by molar-refractivity contribution is 6.00. The molecule has 8 heterocycles. The van der Waals surface area contributed by atoms with Crippen LogP contribution in [-0.4, -0.2) is 126 Å². The number of alkyl halides is 1. The normalized spacial score (nSPS) is 20.1. The third kappa shape index (κ3) is 9.15. The molecule has 4 N–H and O–H groups in total. The highest BCUT2D eigenvalue weighted by Crippen LogP contribution is 2.31. The van der Waals surface area contributed by atoms with E-state index in [4.69, 9.17) is 0 Å². The maximum atomic E-state index is 13.7. The summed E-state index contributed by atoms with van der Waals surface area (Å²) in [5.41, 5.74) is 6.52. The average molecular weight is 963 g/mol. The van der Waals surface area contributed by atoms with Gasteiger partial charge in [-0.2, -0.15) is 0 Å². The number of aryl methyl sites for hydroxylation is 1. The molecule has 2 aromatic carbocycles. The molecule has 0 spiro atoms. The Morgan fingerprint density at radius 2 is 1.59 bits per heavy atom. The molecule has 3 aliphatic heterocycles. The molecule has 366 valence electrons. The van der Waals surface area contributed by atoms with Gasteiger partial charge in [-0.1, -0.05) is 24.3 Å². The summed E-state index contributed by atoms with van der Waals surface area (Å²) in [7, 11) is 3.44. The smallest absolute Gasteiger partial charge is 0.329 e. The predicted molar refractivity (Wildman–Crippen MR) is 267 cm³/mol. The second-order valence-corrected chi connectivity index (χ2v) is 19.1. The molecule has 1 unspecified atom stereocenters.